The molecule has 82 valence electrons. The maximum Gasteiger partial charge on any atom is 0.137 e. The van der Waals surface area contributed by atoms with Crippen molar-refractivity contribution in [3.63, 3.8) is 0 Å². The van der Waals surface area contributed by atoms with Crippen LogP contribution in [0.4, 0.5) is 11.5 Å². The lowest BCUT2D eigenvalue weighted by molar-refractivity contribution is 0.997. The molecule has 3 nitrogen and oxygen atoms in total. The van der Waals surface area contributed by atoms with E-state index in [1.807, 2.05) is 55.3 Å². The number of anilines is 2. The number of hydrogen-bond acceptors (Lipinski definition) is 3. The van der Waals surface area contributed by atoms with Crippen LogP contribution in [0.5, 0.6) is 0 Å². The second-order valence-corrected chi connectivity index (χ2v) is 4.30. The standard InChI is InChI=1S/C12H12BrN3/c1-9-14-11(13)8-12(15-9)16(2)10-6-4-3-5-7-10/h3-8H,1-2H3. The summed E-state index contributed by atoms with van der Waals surface area (Å²) >= 11 is 3.38. The third-order valence-corrected chi connectivity index (χ3v) is 2.69. The summed E-state index contributed by atoms with van der Waals surface area (Å²) in [5, 5.41) is 0. The Labute approximate surface area is 103 Å². The van der Waals surface area contributed by atoms with Crippen LogP contribution in [0.25, 0.3) is 0 Å². The highest BCUT2D eigenvalue weighted by Crippen LogP contribution is 2.23. The van der Waals surface area contributed by atoms with Crippen molar-refractivity contribution in [3.8, 4) is 0 Å². The number of halogens is 1. The predicted octanol–water partition coefficient (Wildman–Crippen LogP) is 3.32. The highest BCUT2D eigenvalue weighted by Gasteiger charge is 2.06. The second kappa shape index (κ2) is 4.61. The van der Waals surface area contributed by atoms with E-state index in [0.717, 1.165) is 21.9 Å². The number of aryl methyl sites for hydroxylation is 1. The molecule has 0 saturated carbocycles. The lowest BCUT2D eigenvalue weighted by Gasteiger charge is -2.18. The van der Waals surface area contributed by atoms with E-state index in [2.05, 4.69) is 25.9 Å². The Hall–Kier alpha value is -1.42. The zero-order valence-electron chi connectivity index (χ0n) is 9.18. The van der Waals surface area contributed by atoms with E-state index in [0.29, 0.717) is 0 Å². The molecule has 2 aromatic rings. The molecule has 16 heavy (non-hydrogen) atoms. The number of hydrogen-bond donors (Lipinski definition) is 0. The maximum atomic E-state index is 4.40. The Kier molecular flexibility index (Phi) is 3.19. The highest BCUT2D eigenvalue weighted by molar-refractivity contribution is 9.10. The molecule has 0 fully saturated rings. The minimum absolute atomic E-state index is 0.757. The first-order chi connectivity index (χ1) is 7.66. The van der Waals surface area contributed by atoms with Crippen molar-refractivity contribution in [3.05, 3.63) is 46.8 Å². The fraction of sp³-hybridized carbons (Fsp3) is 0.167. The van der Waals surface area contributed by atoms with Gasteiger partial charge in [-0.05, 0) is 35.0 Å². The van der Waals surface area contributed by atoms with Crippen molar-refractivity contribution >= 4 is 27.4 Å². The fourth-order valence-electron chi connectivity index (χ4n) is 1.47. The normalized spacial score (nSPS) is 10.2. The minimum Gasteiger partial charge on any atom is -0.329 e. The van der Waals surface area contributed by atoms with E-state index in [9.17, 15) is 0 Å². The van der Waals surface area contributed by atoms with E-state index in [1.165, 1.54) is 0 Å². The summed E-state index contributed by atoms with van der Waals surface area (Å²) in [5.41, 5.74) is 1.10. The number of aromatic nitrogens is 2. The Bertz CT molecular complexity index is 465. The Balaban J connectivity index is 2.37. The van der Waals surface area contributed by atoms with Gasteiger partial charge in [-0.15, -0.1) is 0 Å². The largest absolute Gasteiger partial charge is 0.329 e. The fourth-order valence-corrected chi connectivity index (χ4v) is 1.93. The third-order valence-electron chi connectivity index (χ3n) is 2.28. The van der Waals surface area contributed by atoms with Crippen LogP contribution in [0.15, 0.2) is 41.0 Å². The topological polar surface area (TPSA) is 29.0 Å². The summed E-state index contributed by atoms with van der Waals surface area (Å²) in [4.78, 5) is 10.6. The average molecular weight is 278 g/mol. The van der Waals surface area contributed by atoms with E-state index < -0.39 is 0 Å². The lowest BCUT2D eigenvalue weighted by atomic mass is 10.3. The van der Waals surface area contributed by atoms with Crippen molar-refractivity contribution in [2.24, 2.45) is 0 Å². The Morgan fingerprint density at radius 1 is 1.12 bits per heavy atom. The number of para-hydroxylation sites is 1. The Morgan fingerprint density at radius 3 is 2.44 bits per heavy atom. The minimum atomic E-state index is 0.757. The lowest BCUT2D eigenvalue weighted by Crippen LogP contribution is -2.12. The molecule has 0 aliphatic heterocycles. The van der Waals surface area contributed by atoms with Gasteiger partial charge in [-0.25, -0.2) is 9.97 Å². The Morgan fingerprint density at radius 2 is 1.81 bits per heavy atom. The van der Waals surface area contributed by atoms with Crippen LogP contribution in [0.2, 0.25) is 0 Å². The van der Waals surface area contributed by atoms with Gasteiger partial charge in [-0.1, -0.05) is 18.2 Å². The molecule has 0 radical (unpaired) electrons. The van der Waals surface area contributed by atoms with Gasteiger partial charge >= 0.3 is 0 Å². The van der Waals surface area contributed by atoms with Crippen LogP contribution >= 0.6 is 15.9 Å². The third kappa shape index (κ3) is 2.39. The van der Waals surface area contributed by atoms with Gasteiger partial charge in [-0.2, -0.15) is 0 Å². The summed E-state index contributed by atoms with van der Waals surface area (Å²) < 4.78 is 0.804. The highest BCUT2D eigenvalue weighted by atomic mass is 79.9. The van der Waals surface area contributed by atoms with Crippen LogP contribution in [0.1, 0.15) is 5.82 Å². The molecule has 1 aromatic heterocycles. The molecule has 0 saturated heterocycles. The molecule has 0 amide bonds. The monoisotopic (exact) mass is 277 g/mol. The number of rotatable bonds is 2. The predicted molar refractivity (Wildman–Crippen MR) is 69.0 cm³/mol. The van der Waals surface area contributed by atoms with Crippen LogP contribution in [0, 0.1) is 6.92 Å². The van der Waals surface area contributed by atoms with E-state index >= 15 is 0 Å². The van der Waals surface area contributed by atoms with Crippen molar-refractivity contribution < 1.29 is 0 Å². The first kappa shape index (κ1) is 11.1. The molecular weight excluding hydrogens is 266 g/mol. The molecule has 1 aromatic carbocycles. The molecule has 0 N–H and O–H groups in total. The molecule has 0 unspecified atom stereocenters. The molecule has 0 aliphatic rings. The molecule has 4 heteroatoms. The van der Waals surface area contributed by atoms with Crippen LogP contribution in [-0.2, 0) is 0 Å². The first-order valence-electron chi connectivity index (χ1n) is 4.97. The van der Waals surface area contributed by atoms with Crippen molar-refractivity contribution in [1.29, 1.82) is 0 Å². The van der Waals surface area contributed by atoms with Gasteiger partial charge in [0.25, 0.3) is 0 Å². The SMILES string of the molecule is Cc1nc(Br)cc(N(C)c2ccccc2)n1. The molecule has 2 rings (SSSR count). The summed E-state index contributed by atoms with van der Waals surface area (Å²) in [6.45, 7) is 1.88. The summed E-state index contributed by atoms with van der Waals surface area (Å²) in [6.07, 6.45) is 0. The first-order valence-corrected chi connectivity index (χ1v) is 5.76. The van der Waals surface area contributed by atoms with E-state index in [4.69, 9.17) is 0 Å². The summed E-state index contributed by atoms with van der Waals surface area (Å²) in [6, 6.07) is 12.0. The molecule has 0 aliphatic carbocycles. The van der Waals surface area contributed by atoms with Gasteiger partial charge in [0, 0.05) is 18.8 Å². The molecule has 0 bridgehead atoms. The van der Waals surface area contributed by atoms with Crippen molar-refractivity contribution in [2.45, 2.75) is 6.92 Å². The molecular formula is C12H12BrN3. The van der Waals surface area contributed by atoms with Gasteiger partial charge in [0.05, 0.1) is 0 Å². The van der Waals surface area contributed by atoms with Gasteiger partial charge in [0.15, 0.2) is 0 Å². The van der Waals surface area contributed by atoms with Crippen LogP contribution < -0.4 is 4.90 Å². The van der Waals surface area contributed by atoms with Gasteiger partial charge in [0.1, 0.15) is 16.2 Å². The quantitative estimate of drug-likeness (QED) is 0.789. The van der Waals surface area contributed by atoms with Crippen LogP contribution in [-0.4, -0.2) is 17.0 Å². The zero-order chi connectivity index (χ0) is 11.5. The van der Waals surface area contributed by atoms with Gasteiger partial charge in [0.2, 0.25) is 0 Å². The summed E-state index contributed by atoms with van der Waals surface area (Å²) in [5.74, 6) is 1.64. The molecule has 0 atom stereocenters. The average Bonchev–Trinajstić information content (AvgIpc) is 2.28. The van der Waals surface area contributed by atoms with Crippen LogP contribution in [0.3, 0.4) is 0 Å². The van der Waals surface area contributed by atoms with Crippen molar-refractivity contribution in [2.75, 3.05) is 11.9 Å². The second-order valence-electron chi connectivity index (χ2n) is 3.49. The zero-order valence-corrected chi connectivity index (χ0v) is 10.8. The smallest absolute Gasteiger partial charge is 0.137 e. The van der Waals surface area contributed by atoms with E-state index in [1.54, 1.807) is 0 Å². The van der Waals surface area contributed by atoms with Gasteiger partial charge in [-0.3, -0.25) is 0 Å². The molecule has 0 spiro atoms. The summed E-state index contributed by atoms with van der Waals surface area (Å²) in [7, 11) is 1.99. The van der Waals surface area contributed by atoms with Crippen molar-refractivity contribution in [1.82, 2.24) is 9.97 Å². The maximum absolute atomic E-state index is 4.40. The number of nitrogens with zero attached hydrogens (tertiary/aromatic N) is 3. The van der Waals surface area contributed by atoms with Gasteiger partial charge < -0.3 is 4.90 Å². The molecule has 1 heterocycles. The van der Waals surface area contributed by atoms with E-state index in [-0.39, 0.29) is 0 Å². The number of benzene rings is 1.